The Kier molecular flexibility index (Phi) is 11.0. The summed E-state index contributed by atoms with van der Waals surface area (Å²) in [6, 6.07) is 1.82. The number of aromatic carboxylic acids is 1. The molecule has 2 aromatic heterocycles. The number of carboxylic acid groups (broad SMARTS) is 1. The van der Waals surface area contributed by atoms with E-state index in [2.05, 4.69) is 25.7 Å². The predicted molar refractivity (Wildman–Crippen MR) is 84.9 cm³/mol. The molecule has 3 N–H and O–H groups in total. The Morgan fingerprint density at radius 1 is 1.04 bits per heavy atom. The maximum Gasteiger partial charge on any atom is 0.358 e. The molecule has 0 aliphatic rings. The minimum Gasteiger partial charge on any atom is -0.476 e. The second-order valence-electron chi connectivity index (χ2n) is 3.37. The van der Waals surface area contributed by atoms with Crippen molar-refractivity contribution in [3.63, 3.8) is 0 Å². The van der Waals surface area contributed by atoms with Crippen LogP contribution in [-0.4, -0.2) is 70.4 Å². The van der Waals surface area contributed by atoms with Gasteiger partial charge in [0.05, 0.1) is 12.1 Å². The van der Waals surface area contributed by atoms with Gasteiger partial charge in [-0.05, 0) is 21.4 Å². The fraction of sp³-hybridized carbons (Fsp3) is 0. The number of hydrogen-bond donors (Lipinski definition) is 3. The summed E-state index contributed by atoms with van der Waals surface area (Å²) in [7, 11) is 8.00. The van der Waals surface area contributed by atoms with E-state index in [4.69, 9.17) is 16.7 Å². The summed E-state index contributed by atoms with van der Waals surface area (Å²) in [5.41, 5.74) is -0.518. The van der Waals surface area contributed by atoms with E-state index < -0.39 is 26.9 Å². The van der Waals surface area contributed by atoms with Crippen molar-refractivity contribution in [3.8, 4) is 0 Å². The molecule has 0 aliphatic carbocycles. The van der Waals surface area contributed by atoms with Crippen LogP contribution in [0.5, 0.6) is 0 Å². The molecular formula is C8H5B3ClN6O7. The van der Waals surface area contributed by atoms with Crippen molar-refractivity contribution < 1.29 is 24.5 Å². The Morgan fingerprint density at radius 3 is 1.60 bits per heavy atom. The Balaban J connectivity index is 0. The lowest BCUT2D eigenvalue weighted by Crippen LogP contribution is -1.95. The van der Waals surface area contributed by atoms with Gasteiger partial charge in [0.1, 0.15) is 0 Å². The third kappa shape index (κ3) is 7.78. The van der Waals surface area contributed by atoms with Crippen LogP contribution in [0.15, 0.2) is 12.1 Å². The molecule has 2 aromatic rings. The molecule has 7 radical (unpaired) electrons. The van der Waals surface area contributed by atoms with Crippen LogP contribution in [0.4, 0.5) is 11.6 Å². The van der Waals surface area contributed by atoms with Crippen LogP contribution in [-0.2, 0) is 0 Å². The van der Waals surface area contributed by atoms with Gasteiger partial charge < -0.3 is 25.3 Å². The first-order valence-electron chi connectivity index (χ1n) is 5.38. The highest BCUT2D eigenvalue weighted by Gasteiger charge is 2.14. The van der Waals surface area contributed by atoms with Crippen LogP contribution < -0.4 is 0 Å². The molecule has 2 heterocycles. The number of carbonyl (C=O) groups excluding carboxylic acids is 1. The molecule has 17 heteroatoms. The fourth-order valence-corrected chi connectivity index (χ4v) is 1.12. The molecule has 125 valence electrons. The summed E-state index contributed by atoms with van der Waals surface area (Å²) in [6.45, 7) is 0. The largest absolute Gasteiger partial charge is 0.476 e. The molecule has 25 heavy (non-hydrogen) atoms. The van der Waals surface area contributed by atoms with E-state index in [-0.39, 0.29) is 25.6 Å². The molecule has 0 aliphatic heterocycles. The van der Waals surface area contributed by atoms with Gasteiger partial charge in [-0.2, -0.15) is 0 Å². The maximum atomic E-state index is 10.3. The molecular weight excluding hydrogens is 360 g/mol. The van der Waals surface area contributed by atoms with Crippen LogP contribution in [0, 0.1) is 20.2 Å². The van der Waals surface area contributed by atoms with Gasteiger partial charge in [-0.1, -0.05) is 10.2 Å². The number of aromatic amines is 2. The summed E-state index contributed by atoms with van der Waals surface area (Å²) in [5.74, 6) is -2.08. The highest BCUT2D eigenvalue weighted by molar-refractivity contribution is 6.75. The van der Waals surface area contributed by atoms with Crippen LogP contribution in [0.25, 0.3) is 0 Å². The number of nitro groups is 2. The van der Waals surface area contributed by atoms with Crippen molar-refractivity contribution >= 4 is 58.3 Å². The second-order valence-corrected chi connectivity index (χ2v) is 3.71. The van der Waals surface area contributed by atoms with E-state index in [0.29, 0.717) is 0 Å². The zero-order valence-electron chi connectivity index (χ0n) is 12.0. The minimum absolute atomic E-state index is 0. The van der Waals surface area contributed by atoms with Crippen LogP contribution in [0.1, 0.15) is 21.0 Å². The first kappa shape index (κ1) is 24.1. The smallest absolute Gasteiger partial charge is 0.358 e. The van der Waals surface area contributed by atoms with Gasteiger partial charge in [0, 0.05) is 23.9 Å². The van der Waals surface area contributed by atoms with Crippen molar-refractivity contribution in [2.45, 2.75) is 0 Å². The van der Waals surface area contributed by atoms with Crippen molar-refractivity contribution in [1.29, 1.82) is 0 Å². The van der Waals surface area contributed by atoms with Crippen molar-refractivity contribution in [2.75, 3.05) is 0 Å². The molecule has 0 atom stereocenters. The maximum absolute atomic E-state index is 10.3. The molecule has 0 saturated heterocycles. The molecule has 2 rings (SSSR count). The second kappa shape index (κ2) is 11.4. The lowest BCUT2D eigenvalue weighted by molar-refractivity contribution is -0.389. The van der Waals surface area contributed by atoms with E-state index in [9.17, 15) is 29.8 Å². The van der Waals surface area contributed by atoms with Gasteiger partial charge in [0.15, 0.2) is 11.4 Å². The van der Waals surface area contributed by atoms with E-state index in [1.165, 1.54) is 0 Å². The third-order valence-electron chi connectivity index (χ3n) is 1.94. The Bertz CT molecular complexity index is 631. The first-order valence-corrected chi connectivity index (χ1v) is 5.76. The van der Waals surface area contributed by atoms with Gasteiger partial charge in [0.2, 0.25) is 0 Å². The van der Waals surface area contributed by atoms with E-state index in [1.807, 2.05) is 10.2 Å². The third-order valence-corrected chi connectivity index (χ3v) is 2.14. The SMILES string of the molecule is O=C(Cl)c1cc([N+](=O)[O-])[nH]n1.O=C(O)c1cc([N+](=O)[O-])[nH]n1.[B].[B][B]. The molecule has 0 spiro atoms. The molecule has 0 aromatic carbocycles. The molecule has 0 unspecified atom stereocenters. The number of halogens is 1. The number of aromatic nitrogens is 4. The van der Waals surface area contributed by atoms with Gasteiger partial charge in [-0.15, -0.1) is 10.2 Å². The fourth-order valence-electron chi connectivity index (χ4n) is 1.02. The van der Waals surface area contributed by atoms with Crippen molar-refractivity contribution in [3.05, 3.63) is 43.7 Å². The Labute approximate surface area is 147 Å². The topological polar surface area (TPSA) is 198 Å². The zero-order chi connectivity index (χ0) is 18.9. The number of carbonyl (C=O) groups is 2. The standard InChI is InChI=1S/C4H2ClN3O3.C4H3N3O4.B2.B/c5-4(9)2-1-3(7-6-2)8(10)11;8-4(9)2-1-3(6-5-2)7(10)11;1-2;/h1H,(H,6,7);1H,(H,5,6)(H,8,9);;. The summed E-state index contributed by atoms with van der Waals surface area (Å²) in [5, 5.41) is 37.9. The van der Waals surface area contributed by atoms with Gasteiger partial charge in [-0.3, -0.25) is 4.79 Å². The lowest BCUT2D eigenvalue weighted by atomic mass is 9.81. The van der Waals surface area contributed by atoms with E-state index in [0.717, 1.165) is 12.1 Å². The summed E-state index contributed by atoms with van der Waals surface area (Å²) >= 11 is 4.98. The monoisotopic (exact) mass is 365 g/mol. The number of H-pyrrole nitrogens is 2. The molecule has 0 amide bonds. The normalized spacial score (nSPS) is 8.52. The quantitative estimate of drug-likeness (QED) is 0.278. The Hall–Kier alpha value is -3.16. The Morgan fingerprint density at radius 2 is 1.40 bits per heavy atom. The van der Waals surface area contributed by atoms with E-state index in [1.54, 1.807) is 0 Å². The number of nitrogens with zero attached hydrogens (tertiary/aromatic N) is 4. The summed E-state index contributed by atoms with van der Waals surface area (Å²) in [4.78, 5) is 39.0. The summed E-state index contributed by atoms with van der Waals surface area (Å²) in [6.07, 6.45) is 0. The van der Waals surface area contributed by atoms with Crippen LogP contribution >= 0.6 is 11.6 Å². The highest BCUT2D eigenvalue weighted by atomic mass is 35.5. The van der Waals surface area contributed by atoms with Crippen molar-refractivity contribution in [2.24, 2.45) is 0 Å². The predicted octanol–water partition coefficient (Wildman–Crippen LogP) is -0.429. The first-order chi connectivity index (χ1) is 11.2. The molecule has 13 nitrogen and oxygen atoms in total. The minimum atomic E-state index is -1.30. The average Bonchev–Trinajstić information content (AvgIpc) is 3.19. The molecule has 0 bridgehead atoms. The van der Waals surface area contributed by atoms with Crippen LogP contribution in [0.3, 0.4) is 0 Å². The van der Waals surface area contributed by atoms with Gasteiger partial charge in [0.25, 0.3) is 5.24 Å². The molecule has 0 fully saturated rings. The lowest BCUT2D eigenvalue weighted by Gasteiger charge is -1.83. The average molecular weight is 365 g/mol. The number of rotatable bonds is 4. The van der Waals surface area contributed by atoms with Gasteiger partial charge >= 0.3 is 17.6 Å². The van der Waals surface area contributed by atoms with E-state index >= 15 is 0 Å². The van der Waals surface area contributed by atoms with Gasteiger partial charge in [-0.25, -0.2) is 4.79 Å². The van der Waals surface area contributed by atoms with Crippen LogP contribution in [0.2, 0.25) is 0 Å². The zero-order valence-corrected chi connectivity index (χ0v) is 12.7. The summed E-state index contributed by atoms with van der Waals surface area (Å²) < 4.78 is 0. The number of hydrogen-bond acceptors (Lipinski definition) is 8. The highest BCUT2D eigenvalue weighted by Crippen LogP contribution is 2.09. The van der Waals surface area contributed by atoms with Crippen molar-refractivity contribution in [1.82, 2.24) is 20.4 Å². The number of carboxylic acids is 1. The molecule has 0 saturated carbocycles. The number of nitrogens with one attached hydrogen (secondary N) is 2.